The summed E-state index contributed by atoms with van der Waals surface area (Å²) in [6.07, 6.45) is 1.65. The van der Waals surface area contributed by atoms with Crippen molar-refractivity contribution >= 4 is 5.97 Å². The molecule has 124 valence electrons. The van der Waals surface area contributed by atoms with Crippen molar-refractivity contribution in [2.75, 3.05) is 6.61 Å². The SMILES string of the molecule is NC(c1ccccc1)c1noc([C@H]2[C@H]3C(=O)OC[C@]34CC[C@H]2O4)n1. The van der Waals surface area contributed by atoms with Gasteiger partial charge in [-0.05, 0) is 18.4 Å². The van der Waals surface area contributed by atoms with Crippen molar-refractivity contribution in [3.8, 4) is 0 Å². The van der Waals surface area contributed by atoms with E-state index in [0.29, 0.717) is 18.3 Å². The van der Waals surface area contributed by atoms with E-state index in [1.807, 2.05) is 30.3 Å². The standard InChI is InChI=1S/C17H17N3O4/c18-13(9-4-2-1-3-5-9)14-19-15(24-20-14)11-10-6-7-17(23-10)8-22-16(21)12(11)17/h1-5,10-13H,6-8,18H2/t10-,11-,12+,13?,17-/m1/s1. The van der Waals surface area contributed by atoms with Gasteiger partial charge in [0.15, 0.2) is 5.82 Å². The van der Waals surface area contributed by atoms with Crippen LogP contribution in [-0.4, -0.2) is 34.4 Å². The van der Waals surface area contributed by atoms with Crippen molar-refractivity contribution in [1.29, 1.82) is 0 Å². The van der Waals surface area contributed by atoms with Crippen LogP contribution in [0.2, 0.25) is 0 Å². The second-order valence-corrected chi connectivity index (χ2v) is 6.75. The molecule has 7 heteroatoms. The van der Waals surface area contributed by atoms with E-state index in [1.165, 1.54) is 0 Å². The maximum absolute atomic E-state index is 12.2. The fourth-order valence-electron chi connectivity index (χ4n) is 4.29. The monoisotopic (exact) mass is 327 g/mol. The first-order valence-electron chi connectivity index (χ1n) is 8.16. The molecule has 7 nitrogen and oxygen atoms in total. The number of benzene rings is 1. The van der Waals surface area contributed by atoms with Crippen LogP contribution in [0.3, 0.4) is 0 Å². The predicted octanol–water partition coefficient (Wildman–Crippen LogP) is 1.31. The summed E-state index contributed by atoms with van der Waals surface area (Å²) in [6, 6.07) is 9.13. The average molecular weight is 327 g/mol. The molecular weight excluding hydrogens is 310 g/mol. The van der Waals surface area contributed by atoms with Crippen LogP contribution in [0.15, 0.2) is 34.9 Å². The number of carbonyl (C=O) groups excluding carboxylic acids is 1. The summed E-state index contributed by atoms with van der Waals surface area (Å²) in [6.45, 7) is 0.327. The molecule has 1 unspecified atom stereocenters. The maximum atomic E-state index is 12.2. The molecule has 0 saturated carbocycles. The summed E-state index contributed by atoms with van der Waals surface area (Å²) in [5.41, 5.74) is 6.64. The maximum Gasteiger partial charge on any atom is 0.313 e. The van der Waals surface area contributed by atoms with Crippen LogP contribution in [0.4, 0.5) is 0 Å². The highest BCUT2D eigenvalue weighted by Crippen LogP contribution is 2.58. The van der Waals surface area contributed by atoms with E-state index < -0.39 is 11.6 Å². The van der Waals surface area contributed by atoms with Crippen molar-refractivity contribution in [2.24, 2.45) is 11.7 Å². The van der Waals surface area contributed by atoms with Gasteiger partial charge in [-0.25, -0.2) is 0 Å². The summed E-state index contributed by atoms with van der Waals surface area (Å²) < 4.78 is 16.8. The van der Waals surface area contributed by atoms with E-state index in [9.17, 15) is 4.79 Å². The molecule has 5 atom stereocenters. The number of cyclic esters (lactones) is 1. The first-order chi connectivity index (χ1) is 11.7. The number of ether oxygens (including phenoxy) is 2. The molecule has 3 aliphatic heterocycles. The Kier molecular flexibility index (Phi) is 2.87. The number of rotatable bonds is 3. The zero-order chi connectivity index (χ0) is 16.3. The van der Waals surface area contributed by atoms with Gasteiger partial charge in [0, 0.05) is 0 Å². The zero-order valence-corrected chi connectivity index (χ0v) is 12.9. The number of carbonyl (C=O) groups is 1. The summed E-state index contributed by atoms with van der Waals surface area (Å²) in [4.78, 5) is 16.7. The lowest BCUT2D eigenvalue weighted by Gasteiger charge is -2.23. The van der Waals surface area contributed by atoms with Crippen LogP contribution < -0.4 is 5.73 Å². The quantitative estimate of drug-likeness (QED) is 0.848. The molecule has 5 rings (SSSR count). The highest BCUT2D eigenvalue weighted by atomic mass is 16.6. The van der Waals surface area contributed by atoms with E-state index in [-0.39, 0.29) is 23.9 Å². The Hall–Kier alpha value is -2.25. The Balaban J connectivity index is 1.47. The van der Waals surface area contributed by atoms with Crippen LogP contribution in [0.25, 0.3) is 0 Å². The van der Waals surface area contributed by atoms with Gasteiger partial charge in [0.1, 0.15) is 18.1 Å². The predicted molar refractivity (Wildman–Crippen MR) is 80.8 cm³/mol. The van der Waals surface area contributed by atoms with Crippen LogP contribution in [0, 0.1) is 5.92 Å². The number of nitrogens with zero attached hydrogens (tertiary/aromatic N) is 2. The molecule has 4 heterocycles. The van der Waals surface area contributed by atoms with Crippen molar-refractivity contribution in [2.45, 2.75) is 36.5 Å². The minimum atomic E-state index is -0.497. The van der Waals surface area contributed by atoms with E-state index >= 15 is 0 Å². The van der Waals surface area contributed by atoms with Gasteiger partial charge in [0.2, 0.25) is 5.89 Å². The second-order valence-electron chi connectivity index (χ2n) is 6.75. The highest BCUT2D eigenvalue weighted by molar-refractivity contribution is 5.78. The van der Waals surface area contributed by atoms with Crippen molar-refractivity contribution in [1.82, 2.24) is 10.1 Å². The Bertz CT molecular complexity index is 792. The minimum Gasteiger partial charge on any atom is -0.462 e. The molecule has 3 saturated heterocycles. The second kappa shape index (κ2) is 4.87. The Morgan fingerprint density at radius 2 is 2.12 bits per heavy atom. The molecular formula is C17H17N3O4. The molecule has 1 aromatic carbocycles. The zero-order valence-electron chi connectivity index (χ0n) is 12.9. The fraction of sp³-hybridized carbons (Fsp3) is 0.471. The molecule has 3 aliphatic rings. The van der Waals surface area contributed by atoms with Crippen molar-refractivity contribution < 1.29 is 18.8 Å². The van der Waals surface area contributed by atoms with Gasteiger partial charge in [-0.1, -0.05) is 35.5 Å². The molecule has 2 bridgehead atoms. The normalized spacial score (nSPS) is 35.0. The van der Waals surface area contributed by atoms with Crippen LogP contribution in [-0.2, 0) is 14.3 Å². The molecule has 1 aromatic heterocycles. The topological polar surface area (TPSA) is 100 Å². The van der Waals surface area contributed by atoms with Gasteiger partial charge in [0.25, 0.3) is 0 Å². The number of nitrogens with two attached hydrogens (primary N) is 1. The smallest absolute Gasteiger partial charge is 0.313 e. The molecule has 1 spiro atoms. The minimum absolute atomic E-state index is 0.0656. The van der Waals surface area contributed by atoms with Crippen molar-refractivity contribution in [3.63, 3.8) is 0 Å². The van der Waals surface area contributed by atoms with Crippen LogP contribution in [0.1, 0.15) is 42.1 Å². The van der Waals surface area contributed by atoms with Crippen molar-refractivity contribution in [3.05, 3.63) is 47.6 Å². The van der Waals surface area contributed by atoms with Crippen LogP contribution in [0.5, 0.6) is 0 Å². The number of hydrogen-bond donors (Lipinski definition) is 1. The van der Waals surface area contributed by atoms with Gasteiger partial charge in [0.05, 0.1) is 18.1 Å². The molecule has 0 radical (unpaired) electrons. The van der Waals surface area contributed by atoms with E-state index in [1.54, 1.807) is 0 Å². The van der Waals surface area contributed by atoms with Gasteiger partial charge in [-0.15, -0.1) is 0 Å². The van der Waals surface area contributed by atoms with Gasteiger partial charge < -0.3 is 19.7 Å². The number of esters is 1. The highest BCUT2D eigenvalue weighted by Gasteiger charge is 2.68. The lowest BCUT2D eigenvalue weighted by atomic mass is 9.73. The molecule has 0 amide bonds. The summed E-state index contributed by atoms with van der Waals surface area (Å²) in [5, 5.41) is 4.04. The third kappa shape index (κ3) is 1.82. The average Bonchev–Trinajstić information content (AvgIpc) is 3.36. The van der Waals surface area contributed by atoms with Gasteiger partial charge >= 0.3 is 5.97 Å². The summed E-state index contributed by atoms with van der Waals surface area (Å²) in [7, 11) is 0. The number of hydrogen-bond acceptors (Lipinski definition) is 7. The number of fused-ring (bicyclic) bond motifs is 1. The first kappa shape index (κ1) is 14.1. The lowest BCUT2D eigenvalue weighted by molar-refractivity contribution is -0.142. The van der Waals surface area contributed by atoms with Gasteiger partial charge in [-0.2, -0.15) is 4.98 Å². The van der Waals surface area contributed by atoms with E-state index in [2.05, 4.69) is 10.1 Å². The first-order valence-corrected chi connectivity index (χ1v) is 8.16. The third-order valence-corrected chi connectivity index (χ3v) is 5.46. The molecule has 0 aliphatic carbocycles. The molecule has 3 fully saturated rings. The molecule has 24 heavy (non-hydrogen) atoms. The van der Waals surface area contributed by atoms with Gasteiger partial charge in [-0.3, -0.25) is 4.79 Å². The van der Waals surface area contributed by atoms with Crippen LogP contribution >= 0.6 is 0 Å². The summed E-state index contributed by atoms with van der Waals surface area (Å²) >= 11 is 0. The molecule has 2 aromatic rings. The Morgan fingerprint density at radius 3 is 2.96 bits per heavy atom. The van der Waals surface area contributed by atoms with E-state index in [0.717, 1.165) is 18.4 Å². The fourth-order valence-corrected chi connectivity index (χ4v) is 4.29. The number of aromatic nitrogens is 2. The Labute approximate surface area is 138 Å². The summed E-state index contributed by atoms with van der Waals surface area (Å²) in [5.74, 6) is 0.0241. The Morgan fingerprint density at radius 1 is 1.29 bits per heavy atom. The molecule has 2 N–H and O–H groups in total. The lowest BCUT2D eigenvalue weighted by Crippen LogP contribution is -2.37. The van der Waals surface area contributed by atoms with E-state index in [4.69, 9.17) is 19.7 Å². The largest absolute Gasteiger partial charge is 0.462 e. The third-order valence-electron chi connectivity index (χ3n) is 5.46.